The zero-order chi connectivity index (χ0) is 23.8. The molecule has 1 atom stereocenters. The van der Waals surface area contributed by atoms with E-state index in [1.54, 1.807) is 37.3 Å². The van der Waals surface area contributed by atoms with Crippen LogP contribution in [-0.2, 0) is 16.1 Å². The number of nitrogens with two attached hydrogens (primary N) is 2. The molecule has 170 valence electrons. The van der Waals surface area contributed by atoms with E-state index in [-0.39, 0.29) is 12.2 Å². The monoisotopic (exact) mass is 467 g/mol. The largest absolute Gasteiger partial charge is 0.399 e. The van der Waals surface area contributed by atoms with Gasteiger partial charge < -0.3 is 16.0 Å². The molecule has 0 fully saturated rings. The van der Waals surface area contributed by atoms with Gasteiger partial charge >= 0.3 is 0 Å². The molecule has 0 spiro atoms. The number of thioether (sulfide) groups is 1. The molecule has 1 amide bonds. The van der Waals surface area contributed by atoms with Crippen LogP contribution in [0.15, 0.2) is 59.9 Å². The minimum Gasteiger partial charge on any atom is -0.399 e. The molecule has 0 aromatic heterocycles. The Morgan fingerprint density at radius 3 is 2.48 bits per heavy atom. The van der Waals surface area contributed by atoms with Gasteiger partial charge in [-0.2, -0.15) is 0 Å². The third-order valence-electron chi connectivity index (χ3n) is 5.72. The molecule has 2 heterocycles. The molecule has 0 radical (unpaired) electrons. The van der Waals surface area contributed by atoms with Crippen LogP contribution >= 0.6 is 11.8 Å². The molecule has 2 aliphatic rings. The van der Waals surface area contributed by atoms with Crippen molar-refractivity contribution in [2.75, 3.05) is 5.73 Å². The minimum atomic E-state index is -1.41. The summed E-state index contributed by atoms with van der Waals surface area (Å²) in [4.78, 5) is 22.0. The van der Waals surface area contributed by atoms with Crippen LogP contribution in [0.1, 0.15) is 30.0 Å². The van der Waals surface area contributed by atoms with E-state index in [1.807, 2.05) is 6.92 Å². The van der Waals surface area contributed by atoms with E-state index in [1.165, 1.54) is 40.7 Å². The van der Waals surface area contributed by atoms with Crippen molar-refractivity contribution in [3.05, 3.63) is 83.1 Å². The Kier molecular flexibility index (Phi) is 6.07. The predicted octanol–water partition coefficient (Wildman–Crippen LogP) is 4.48. The van der Waals surface area contributed by atoms with Crippen molar-refractivity contribution in [3.8, 4) is 11.5 Å². The van der Waals surface area contributed by atoms with Gasteiger partial charge in [0.2, 0.25) is 5.91 Å². The molecule has 2 aromatic rings. The van der Waals surface area contributed by atoms with Crippen molar-refractivity contribution < 1.29 is 13.6 Å². The summed E-state index contributed by atoms with van der Waals surface area (Å²) in [7, 11) is 0. The van der Waals surface area contributed by atoms with Crippen molar-refractivity contribution in [1.29, 1.82) is 0 Å². The van der Waals surface area contributed by atoms with Crippen LogP contribution in [0, 0.1) is 18.6 Å². The van der Waals surface area contributed by atoms with Crippen LogP contribution in [0.5, 0.6) is 0 Å². The summed E-state index contributed by atoms with van der Waals surface area (Å²) in [6.07, 6.45) is 1.48. The van der Waals surface area contributed by atoms with Gasteiger partial charge in [-0.1, -0.05) is 36.9 Å². The van der Waals surface area contributed by atoms with E-state index in [0.29, 0.717) is 33.7 Å². The third-order valence-corrected chi connectivity index (χ3v) is 6.64. The second kappa shape index (κ2) is 8.82. The summed E-state index contributed by atoms with van der Waals surface area (Å²) >= 11 is 1.33. The summed E-state index contributed by atoms with van der Waals surface area (Å²) in [5, 5.41) is 0.410. The number of pyridine rings is 1. The number of amides is 1. The Labute approximate surface area is 194 Å². The number of hydrogen-bond acceptors (Lipinski definition) is 5. The highest BCUT2D eigenvalue weighted by molar-refractivity contribution is 7.98. The highest BCUT2D eigenvalue weighted by atomic mass is 32.2. The average Bonchev–Trinajstić information content (AvgIpc) is 3.19. The van der Waals surface area contributed by atoms with Crippen molar-refractivity contribution in [2.24, 2.45) is 5.73 Å². The first kappa shape index (κ1) is 22.7. The van der Waals surface area contributed by atoms with E-state index in [4.69, 9.17) is 11.5 Å². The van der Waals surface area contributed by atoms with Crippen molar-refractivity contribution >= 4 is 23.4 Å². The van der Waals surface area contributed by atoms with E-state index in [0.717, 1.165) is 11.1 Å². The molecule has 2 aromatic carbocycles. The first-order valence-corrected chi connectivity index (χ1v) is 11.3. The Hall–Kier alpha value is -3.46. The zero-order valence-corrected chi connectivity index (χ0v) is 19.0. The first-order valence-electron chi connectivity index (χ1n) is 10.3. The summed E-state index contributed by atoms with van der Waals surface area (Å²) < 4.78 is 29.3. The SMILES string of the molecule is CCC(C(N)=O)(c1cc(N)ccc1C)n1cc(F)cc2nc(SCc3ccc(F)cc3)nc1-2. The number of nitrogens with zero attached hydrogens (tertiary/aromatic N) is 3. The van der Waals surface area contributed by atoms with Crippen LogP contribution in [0.2, 0.25) is 0 Å². The summed E-state index contributed by atoms with van der Waals surface area (Å²) in [5.74, 6) is -0.699. The Morgan fingerprint density at radius 2 is 1.82 bits per heavy atom. The van der Waals surface area contributed by atoms with E-state index >= 15 is 0 Å². The number of primary amides is 1. The molecule has 0 saturated heterocycles. The maximum absolute atomic E-state index is 14.7. The number of aryl methyl sites for hydroxylation is 1. The number of imidazole rings is 1. The first-order chi connectivity index (χ1) is 15.7. The van der Waals surface area contributed by atoms with Gasteiger partial charge in [0.25, 0.3) is 0 Å². The molecule has 0 aliphatic carbocycles. The Bertz CT molecular complexity index is 1290. The minimum absolute atomic E-state index is 0.251. The van der Waals surface area contributed by atoms with E-state index in [9.17, 15) is 13.6 Å². The van der Waals surface area contributed by atoms with Gasteiger partial charge in [0, 0.05) is 23.7 Å². The fraction of sp³-hybridized carbons (Fsp3) is 0.208. The molecule has 0 bridgehead atoms. The van der Waals surface area contributed by atoms with Crippen LogP contribution < -0.4 is 11.5 Å². The molecule has 33 heavy (non-hydrogen) atoms. The Morgan fingerprint density at radius 1 is 1.09 bits per heavy atom. The fourth-order valence-corrected chi connectivity index (χ4v) is 4.84. The number of rotatable bonds is 7. The number of fused-ring (bicyclic) bond motifs is 1. The molecular formula is C24H23F2N5OS. The molecule has 0 saturated carbocycles. The predicted molar refractivity (Wildman–Crippen MR) is 125 cm³/mol. The lowest BCUT2D eigenvalue weighted by atomic mass is 9.82. The smallest absolute Gasteiger partial charge is 0.248 e. The van der Waals surface area contributed by atoms with Gasteiger partial charge in [-0.25, -0.2) is 18.7 Å². The van der Waals surface area contributed by atoms with Crippen LogP contribution in [-0.4, -0.2) is 20.4 Å². The maximum atomic E-state index is 14.7. The number of carbonyl (C=O) groups excluding carboxylic acids is 1. The number of hydrogen-bond donors (Lipinski definition) is 2. The van der Waals surface area contributed by atoms with Crippen molar-refractivity contribution in [1.82, 2.24) is 14.5 Å². The summed E-state index contributed by atoms with van der Waals surface area (Å²) in [6.45, 7) is 3.65. The van der Waals surface area contributed by atoms with E-state index < -0.39 is 17.3 Å². The maximum Gasteiger partial charge on any atom is 0.248 e. The topological polar surface area (TPSA) is 99.8 Å². The lowest BCUT2D eigenvalue weighted by molar-refractivity contribution is -0.124. The molecule has 1 unspecified atom stereocenters. The van der Waals surface area contributed by atoms with Gasteiger partial charge in [-0.3, -0.25) is 4.79 Å². The lowest BCUT2D eigenvalue weighted by Crippen LogP contribution is -2.48. The van der Waals surface area contributed by atoms with Gasteiger partial charge in [-0.05, 0) is 54.3 Å². The highest BCUT2D eigenvalue weighted by Crippen LogP contribution is 2.38. The van der Waals surface area contributed by atoms with Gasteiger partial charge in [-0.15, -0.1) is 0 Å². The summed E-state index contributed by atoms with van der Waals surface area (Å²) in [5.41, 5.74) is 13.6. The van der Waals surface area contributed by atoms with Crippen LogP contribution in [0.25, 0.3) is 11.5 Å². The number of anilines is 1. The van der Waals surface area contributed by atoms with Crippen molar-refractivity contribution in [3.63, 3.8) is 0 Å². The number of nitrogen functional groups attached to an aromatic ring is 1. The Balaban J connectivity index is 1.83. The van der Waals surface area contributed by atoms with Crippen LogP contribution in [0.4, 0.5) is 14.5 Å². The number of aromatic nitrogens is 3. The van der Waals surface area contributed by atoms with Gasteiger partial charge in [0.15, 0.2) is 11.0 Å². The number of halogens is 2. The molecule has 9 heteroatoms. The fourth-order valence-electron chi connectivity index (χ4n) is 4.04. The highest BCUT2D eigenvalue weighted by Gasteiger charge is 2.42. The molecule has 6 nitrogen and oxygen atoms in total. The van der Waals surface area contributed by atoms with Crippen molar-refractivity contribution in [2.45, 2.75) is 36.7 Å². The van der Waals surface area contributed by atoms with Gasteiger partial charge in [0.1, 0.15) is 22.9 Å². The lowest BCUT2D eigenvalue weighted by Gasteiger charge is -2.35. The summed E-state index contributed by atoms with van der Waals surface area (Å²) in [6, 6.07) is 12.6. The number of benzene rings is 2. The molecule has 4 rings (SSSR count). The third kappa shape index (κ3) is 4.16. The van der Waals surface area contributed by atoms with E-state index in [2.05, 4.69) is 9.97 Å². The zero-order valence-electron chi connectivity index (χ0n) is 18.2. The molecular weight excluding hydrogens is 444 g/mol. The second-order valence-corrected chi connectivity index (χ2v) is 8.75. The van der Waals surface area contributed by atoms with Gasteiger partial charge in [0.05, 0.1) is 0 Å². The molecule has 2 aliphatic heterocycles. The van der Waals surface area contributed by atoms with Crippen LogP contribution in [0.3, 0.4) is 0 Å². The average molecular weight is 468 g/mol. The quantitative estimate of drug-likeness (QED) is 0.308. The molecule has 4 N–H and O–H groups in total. The number of carbonyl (C=O) groups is 1. The normalized spacial score (nSPS) is 13.2. The second-order valence-electron chi connectivity index (χ2n) is 7.81. The standard InChI is InChI=1S/C24H23F2N5OS/c1-3-24(22(28)32,19-11-18(27)9-4-14(19)2)31-12-17(26)10-20-21(31)30-23(29-20)33-13-15-5-7-16(25)8-6-15/h4-12H,3,13,27H2,1-2H3,(H2,28,32).